The fraction of sp³-hybridized carbons (Fsp3) is 0.250. The number of sulfonamides is 1. The molecule has 0 unspecified atom stereocenters. The van der Waals surface area contributed by atoms with Crippen molar-refractivity contribution in [2.45, 2.75) is 23.7 Å². The van der Waals surface area contributed by atoms with Gasteiger partial charge in [0.1, 0.15) is 4.90 Å². The lowest BCUT2D eigenvalue weighted by molar-refractivity contribution is 0.601. The number of benzene rings is 1. The van der Waals surface area contributed by atoms with Crippen molar-refractivity contribution < 1.29 is 8.42 Å². The second-order valence-electron chi connectivity index (χ2n) is 4.76. The highest BCUT2D eigenvalue weighted by atomic mass is 35.5. The number of thiazole rings is 1. The van der Waals surface area contributed by atoms with Gasteiger partial charge in [-0.05, 0) is 25.0 Å². The van der Waals surface area contributed by atoms with Gasteiger partial charge in [0.15, 0.2) is 5.13 Å². The summed E-state index contributed by atoms with van der Waals surface area (Å²) >= 11 is 13.0. The fourth-order valence-electron chi connectivity index (χ4n) is 1.93. The first-order chi connectivity index (χ1) is 9.87. The average Bonchev–Trinajstić information content (AvgIpc) is 3.09. The Bertz CT molecular complexity index is 778. The number of nitrogens with two attached hydrogens (primary N) is 1. The van der Waals surface area contributed by atoms with Crippen LogP contribution in [0.1, 0.15) is 24.5 Å². The molecule has 1 saturated carbocycles. The minimum Gasteiger partial charge on any atom is -0.398 e. The molecule has 1 aromatic heterocycles. The first-order valence-corrected chi connectivity index (χ1v) is 9.21. The molecule has 21 heavy (non-hydrogen) atoms. The molecule has 5 nitrogen and oxygen atoms in total. The Hall–Kier alpha value is -1.02. The summed E-state index contributed by atoms with van der Waals surface area (Å²) in [5.74, 6) is 0.462. The van der Waals surface area contributed by atoms with Crippen molar-refractivity contribution in [1.29, 1.82) is 0 Å². The third-order valence-corrected chi connectivity index (χ3v) is 6.03. The number of rotatable bonds is 4. The molecule has 3 N–H and O–H groups in total. The molecule has 1 heterocycles. The number of nitrogens with one attached hydrogen (secondary N) is 1. The van der Waals surface area contributed by atoms with Crippen LogP contribution in [0.3, 0.4) is 0 Å². The molecule has 0 atom stereocenters. The molecule has 0 saturated heterocycles. The highest BCUT2D eigenvalue weighted by molar-refractivity contribution is 7.93. The Kier molecular flexibility index (Phi) is 3.77. The van der Waals surface area contributed by atoms with Crippen LogP contribution in [0.5, 0.6) is 0 Å². The Morgan fingerprint density at radius 3 is 2.67 bits per heavy atom. The van der Waals surface area contributed by atoms with Crippen LogP contribution >= 0.6 is 34.5 Å². The lowest BCUT2D eigenvalue weighted by Gasteiger charge is -2.10. The molecule has 0 spiro atoms. The number of nitrogen functional groups attached to an aromatic ring is 1. The lowest BCUT2D eigenvalue weighted by atomic mass is 10.3. The zero-order valence-electron chi connectivity index (χ0n) is 10.6. The number of aromatic nitrogens is 1. The molecule has 1 aliphatic carbocycles. The van der Waals surface area contributed by atoms with Crippen LogP contribution in [0, 0.1) is 0 Å². The monoisotopic (exact) mass is 363 g/mol. The van der Waals surface area contributed by atoms with E-state index < -0.39 is 10.0 Å². The summed E-state index contributed by atoms with van der Waals surface area (Å²) in [7, 11) is -3.90. The molecule has 9 heteroatoms. The molecule has 1 aliphatic rings. The molecule has 2 aromatic rings. The quantitative estimate of drug-likeness (QED) is 0.810. The number of nitrogens with zero attached hydrogens (tertiary/aromatic N) is 1. The van der Waals surface area contributed by atoms with Gasteiger partial charge in [-0.3, -0.25) is 4.72 Å². The van der Waals surface area contributed by atoms with Crippen LogP contribution < -0.4 is 10.5 Å². The summed E-state index contributed by atoms with van der Waals surface area (Å²) in [6, 6.07) is 2.69. The maximum Gasteiger partial charge on any atom is 0.267 e. The van der Waals surface area contributed by atoms with Gasteiger partial charge in [0.2, 0.25) is 0 Å². The van der Waals surface area contributed by atoms with E-state index in [1.54, 1.807) is 0 Å². The Morgan fingerprint density at radius 1 is 1.33 bits per heavy atom. The van der Waals surface area contributed by atoms with Crippen molar-refractivity contribution in [3.63, 3.8) is 0 Å². The third-order valence-electron chi connectivity index (χ3n) is 3.05. The minimum atomic E-state index is -3.90. The van der Waals surface area contributed by atoms with Crippen molar-refractivity contribution in [3.05, 3.63) is 33.3 Å². The minimum absolute atomic E-state index is 0.000951. The molecule has 1 fully saturated rings. The fourth-order valence-corrected chi connectivity index (χ4v) is 4.96. The standard InChI is InChI=1S/C12H11Cl2N3O2S2/c13-7-3-8(14)11(9(15)4-7)21(18,19)17-12-16-10(5-20-12)6-1-2-6/h3-6H,1-2,15H2,(H,16,17). The molecule has 0 aliphatic heterocycles. The molecular formula is C12H11Cl2N3O2S2. The summed E-state index contributed by atoms with van der Waals surface area (Å²) in [4.78, 5) is 4.09. The summed E-state index contributed by atoms with van der Waals surface area (Å²) in [5, 5.41) is 2.43. The first-order valence-electron chi connectivity index (χ1n) is 6.09. The number of hydrogen-bond acceptors (Lipinski definition) is 5. The molecule has 0 radical (unpaired) electrons. The average molecular weight is 364 g/mol. The lowest BCUT2D eigenvalue weighted by Crippen LogP contribution is -2.15. The largest absolute Gasteiger partial charge is 0.398 e. The number of anilines is 2. The van der Waals surface area contributed by atoms with E-state index in [-0.39, 0.29) is 20.6 Å². The number of halogens is 2. The zero-order valence-corrected chi connectivity index (χ0v) is 13.8. The van der Waals surface area contributed by atoms with E-state index in [9.17, 15) is 8.42 Å². The van der Waals surface area contributed by atoms with Crippen molar-refractivity contribution in [1.82, 2.24) is 4.98 Å². The summed E-state index contributed by atoms with van der Waals surface area (Å²) in [6.07, 6.45) is 2.21. The zero-order chi connectivity index (χ0) is 15.2. The summed E-state index contributed by atoms with van der Waals surface area (Å²) in [6.45, 7) is 0. The van der Waals surface area contributed by atoms with Crippen molar-refractivity contribution in [3.8, 4) is 0 Å². The molecular weight excluding hydrogens is 353 g/mol. The van der Waals surface area contributed by atoms with Gasteiger partial charge < -0.3 is 5.73 Å². The molecule has 1 aromatic carbocycles. The SMILES string of the molecule is Nc1cc(Cl)cc(Cl)c1S(=O)(=O)Nc1nc(C2CC2)cs1. The predicted octanol–water partition coefficient (Wildman–Crippen LogP) is 3.71. The van der Waals surface area contributed by atoms with Gasteiger partial charge >= 0.3 is 0 Å². The van der Waals surface area contributed by atoms with Gasteiger partial charge in [-0.2, -0.15) is 0 Å². The maximum atomic E-state index is 12.4. The summed E-state index contributed by atoms with van der Waals surface area (Å²) < 4.78 is 27.2. The van der Waals surface area contributed by atoms with Crippen molar-refractivity contribution >= 4 is 55.4 Å². The van der Waals surface area contributed by atoms with Gasteiger partial charge in [0.05, 0.1) is 16.4 Å². The molecule has 3 rings (SSSR count). The van der Waals surface area contributed by atoms with Crippen LogP contribution in [0.25, 0.3) is 0 Å². The highest BCUT2D eigenvalue weighted by Gasteiger charge is 2.28. The number of hydrogen-bond donors (Lipinski definition) is 2. The van der Waals surface area contributed by atoms with Gasteiger partial charge in [-0.25, -0.2) is 13.4 Å². The highest BCUT2D eigenvalue weighted by Crippen LogP contribution is 2.41. The van der Waals surface area contributed by atoms with E-state index in [0.717, 1.165) is 18.5 Å². The Morgan fingerprint density at radius 2 is 2.05 bits per heavy atom. The van der Waals surface area contributed by atoms with Crippen LogP contribution in [-0.4, -0.2) is 13.4 Å². The van der Waals surface area contributed by atoms with Crippen LogP contribution in [0.4, 0.5) is 10.8 Å². The van der Waals surface area contributed by atoms with E-state index >= 15 is 0 Å². The van der Waals surface area contributed by atoms with E-state index in [1.165, 1.54) is 23.5 Å². The maximum absolute atomic E-state index is 12.4. The molecule has 0 amide bonds. The van der Waals surface area contributed by atoms with Crippen molar-refractivity contribution in [2.75, 3.05) is 10.5 Å². The normalized spacial score (nSPS) is 15.1. The summed E-state index contributed by atoms with van der Waals surface area (Å²) in [5.41, 5.74) is 6.64. The third kappa shape index (κ3) is 3.11. The van der Waals surface area contributed by atoms with Gasteiger partial charge in [-0.1, -0.05) is 23.2 Å². The molecule has 112 valence electrons. The Balaban J connectivity index is 1.92. The van der Waals surface area contributed by atoms with Gasteiger partial charge in [0.25, 0.3) is 10.0 Å². The van der Waals surface area contributed by atoms with Gasteiger partial charge in [0, 0.05) is 16.3 Å². The van der Waals surface area contributed by atoms with E-state index in [2.05, 4.69) is 9.71 Å². The van der Waals surface area contributed by atoms with Crippen LogP contribution in [0.2, 0.25) is 10.0 Å². The van der Waals surface area contributed by atoms with Gasteiger partial charge in [-0.15, -0.1) is 11.3 Å². The predicted molar refractivity (Wildman–Crippen MR) is 85.8 cm³/mol. The van der Waals surface area contributed by atoms with Crippen LogP contribution in [-0.2, 0) is 10.0 Å². The van der Waals surface area contributed by atoms with Crippen molar-refractivity contribution in [2.24, 2.45) is 0 Å². The second kappa shape index (κ2) is 5.31. The molecule has 0 bridgehead atoms. The topological polar surface area (TPSA) is 85.1 Å². The van der Waals surface area contributed by atoms with E-state index in [0.29, 0.717) is 11.0 Å². The smallest absolute Gasteiger partial charge is 0.267 e. The van der Waals surface area contributed by atoms with E-state index in [4.69, 9.17) is 28.9 Å². The Labute approximate surface area is 136 Å². The van der Waals surface area contributed by atoms with Crippen LogP contribution in [0.15, 0.2) is 22.4 Å². The second-order valence-corrected chi connectivity index (χ2v) is 8.08. The van der Waals surface area contributed by atoms with E-state index in [1.807, 2.05) is 5.38 Å². The first kappa shape index (κ1) is 14.9.